The van der Waals surface area contributed by atoms with E-state index < -0.39 is 39.6 Å². The molecule has 0 aromatic heterocycles. The molecule has 0 bridgehead atoms. The number of alkyl halides is 2. The Hall–Kier alpha value is -2.58. The summed E-state index contributed by atoms with van der Waals surface area (Å²) >= 11 is 25.0. The number of anilines is 3. The molecule has 2 atom stereocenters. The lowest BCUT2D eigenvalue weighted by atomic mass is 10.1. The first-order valence-corrected chi connectivity index (χ1v) is 11.8. The van der Waals surface area contributed by atoms with Gasteiger partial charge in [-0.2, -0.15) is 0 Å². The topological polar surface area (TPSA) is 70.2 Å². The molecule has 182 valence electrons. The average Bonchev–Trinajstić information content (AvgIpc) is 3.39. The zero-order chi connectivity index (χ0) is 25.5. The smallest absolute Gasteiger partial charge is 0.257 e. The van der Waals surface area contributed by atoms with Crippen LogP contribution in [-0.2, 0) is 4.79 Å². The van der Waals surface area contributed by atoms with Crippen molar-refractivity contribution >= 4 is 75.3 Å². The van der Waals surface area contributed by atoms with E-state index in [1.807, 2.05) is 0 Å². The summed E-state index contributed by atoms with van der Waals surface area (Å²) < 4.78 is 26.9. The SMILES string of the molecule is CNc1c(F)ccc(NC(=O)c2cc(NC(=O)C3C(c4cccc(Cl)c4)C3(Cl)Cl)ccc2Cl)c1F. The van der Waals surface area contributed by atoms with Crippen LogP contribution in [0.4, 0.5) is 25.8 Å². The van der Waals surface area contributed by atoms with Gasteiger partial charge in [0.15, 0.2) is 5.82 Å². The van der Waals surface area contributed by atoms with E-state index in [-0.39, 0.29) is 27.6 Å². The summed E-state index contributed by atoms with van der Waals surface area (Å²) in [6.45, 7) is 0. The molecule has 11 heteroatoms. The van der Waals surface area contributed by atoms with E-state index in [0.717, 1.165) is 17.7 Å². The molecule has 35 heavy (non-hydrogen) atoms. The summed E-state index contributed by atoms with van der Waals surface area (Å²) in [6, 6.07) is 13.2. The average molecular weight is 559 g/mol. The number of halogens is 6. The summed E-state index contributed by atoms with van der Waals surface area (Å²) in [6.07, 6.45) is 0. The molecule has 3 N–H and O–H groups in total. The van der Waals surface area contributed by atoms with Crippen molar-refractivity contribution in [3.8, 4) is 0 Å². The fourth-order valence-electron chi connectivity index (χ4n) is 3.83. The largest absolute Gasteiger partial charge is 0.383 e. The summed E-state index contributed by atoms with van der Waals surface area (Å²) in [5.41, 5.74) is 0.299. The predicted molar refractivity (Wildman–Crippen MR) is 136 cm³/mol. The molecule has 0 radical (unpaired) electrons. The van der Waals surface area contributed by atoms with Crippen LogP contribution in [0.2, 0.25) is 10.0 Å². The minimum Gasteiger partial charge on any atom is -0.383 e. The monoisotopic (exact) mass is 557 g/mol. The third kappa shape index (κ3) is 5.05. The lowest BCUT2D eigenvalue weighted by Gasteiger charge is -2.12. The molecule has 1 aliphatic rings. The molecule has 3 aromatic rings. The van der Waals surface area contributed by atoms with Gasteiger partial charge in [-0.3, -0.25) is 9.59 Å². The maximum atomic E-state index is 14.5. The fraction of sp³-hybridized carbons (Fsp3) is 0.167. The van der Waals surface area contributed by atoms with Gasteiger partial charge in [-0.05, 0) is 48.0 Å². The Morgan fingerprint density at radius 2 is 1.71 bits per heavy atom. The third-order valence-electron chi connectivity index (χ3n) is 5.61. The van der Waals surface area contributed by atoms with Crippen molar-refractivity contribution in [2.75, 3.05) is 23.0 Å². The quantitative estimate of drug-likeness (QED) is 0.283. The van der Waals surface area contributed by atoms with Crippen LogP contribution in [0.3, 0.4) is 0 Å². The van der Waals surface area contributed by atoms with Gasteiger partial charge in [-0.15, -0.1) is 23.2 Å². The first kappa shape index (κ1) is 25.5. The van der Waals surface area contributed by atoms with Crippen molar-refractivity contribution in [3.05, 3.63) is 87.4 Å². The molecule has 3 aromatic carbocycles. The second kappa shape index (κ2) is 9.82. The normalized spacial score (nSPS) is 18.0. The second-order valence-electron chi connectivity index (χ2n) is 7.86. The summed E-state index contributed by atoms with van der Waals surface area (Å²) in [7, 11) is 1.35. The predicted octanol–water partition coefficient (Wildman–Crippen LogP) is 7.09. The lowest BCUT2D eigenvalue weighted by molar-refractivity contribution is -0.117. The van der Waals surface area contributed by atoms with Gasteiger partial charge in [0.2, 0.25) is 5.91 Å². The minimum atomic E-state index is -1.33. The molecule has 0 saturated heterocycles. The number of benzene rings is 3. The number of carbonyl (C=O) groups excluding carboxylic acids is 2. The van der Waals surface area contributed by atoms with Crippen LogP contribution in [0, 0.1) is 17.6 Å². The molecular weight excluding hydrogens is 542 g/mol. The van der Waals surface area contributed by atoms with Crippen LogP contribution in [0.25, 0.3) is 0 Å². The Balaban J connectivity index is 1.52. The highest BCUT2D eigenvalue weighted by Gasteiger charge is 2.67. The Kier molecular flexibility index (Phi) is 7.16. The Bertz CT molecular complexity index is 1340. The van der Waals surface area contributed by atoms with Gasteiger partial charge in [0, 0.05) is 23.7 Å². The van der Waals surface area contributed by atoms with E-state index in [1.165, 1.54) is 25.2 Å². The van der Waals surface area contributed by atoms with Crippen LogP contribution < -0.4 is 16.0 Å². The number of carbonyl (C=O) groups is 2. The number of nitrogens with one attached hydrogen (secondary N) is 3. The lowest BCUT2D eigenvalue weighted by Crippen LogP contribution is -2.18. The zero-order valence-electron chi connectivity index (χ0n) is 17.9. The first-order chi connectivity index (χ1) is 16.5. The van der Waals surface area contributed by atoms with Gasteiger partial charge >= 0.3 is 0 Å². The van der Waals surface area contributed by atoms with Crippen molar-refractivity contribution in [1.29, 1.82) is 0 Å². The number of hydrogen-bond donors (Lipinski definition) is 3. The maximum Gasteiger partial charge on any atom is 0.257 e. The fourth-order valence-corrected chi connectivity index (χ4v) is 5.06. The maximum absolute atomic E-state index is 14.5. The van der Waals surface area contributed by atoms with Crippen LogP contribution in [0.5, 0.6) is 0 Å². The van der Waals surface area contributed by atoms with Crippen molar-refractivity contribution in [1.82, 2.24) is 0 Å². The van der Waals surface area contributed by atoms with Crippen molar-refractivity contribution in [2.45, 2.75) is 10.3 Å². The van der Waals surface area contributed by atoms with Gasteiger partial charge in [0.05, 0.1) is 22.2 Å². The van der Waals surface area contributed by atoms with Crippen molar-refractivity contribution < 1.29 is 18.4 Å². The van der Waals surface area contributed by atoms with Crippen LogP contribution >= 0.6 is 46.4 Å². The van der Waals surface area contributed by atoms with E-state index in [2.05, 4.69) is 16.0 Å². The Morgan fingerprint density at radius 3 is 2.40 bits per heavy atom. The number of amides is 2. The summed E-state index contributed by atoms with van der Waals surface area (Å²) in [5.74, 6) is -4.23. The van der Waals surface area contributed by atoms with Crippen LogP contribution in [0.15, 0.2) is 54.6 Å². The van der Waals surface area contributed by atoms with E-state index in [9.17, 15) is 18.4 Å². The molecule has 4 rings (SSSR count). The Morgan fingerprint density at radius 1 is 0.971 bits per heavy atom. The van der Waals surface area contributed by atoms with Gasteiger partial charge in [-0.25, -0.2) is 8.78 Å². The van der Waals surface area contributed by atoms with Gasteiger partial charge < -0.3 is 16.0 Å². The Labute approximate surface area is 219 Å². The van der Waals surface area contributed by atoms with Gasteiger partial charge in [0.1, 0.15) is 15.8 Å². The number of rotatable bonds is 6. The molecule has 0 heterocycles. The number of hydrogen-bond acceptors (Lipinski definition) is 3. The minimum absolute atomic E-state index is 0.0376. The molecular formula is C24H17Cl4F2N3O2. The van der Waals surface area contributed by atoms with Crippen LogP contribution in [0.1, 0.15) is 21.8 Å². The van der Waals surface area contributed by atoms with Crippen molar-refractivity contribution in [2.24, 2.45) is 5.92 Å². The first-order valence-electron chi connectivity index (χ1n) is 10.3. The van der Waals surface area contributed by atoms with E-state index >= 15 is 0 Å². The summed E-state index contributed by atoms with van der Waals surface area (Å²) in [4.78, 5) is 25.7. The highest BCUT2D eigenvalue weighted by Crippen LogP contribution is 2.65. The standard InChI is InChI=1S/C24H17Cl4F2N3O2/c1-31-21-16(29)7-8-17(20(21)30)33-22(34)14-10-13(5-6-15(14)26)32-23(35)19-18(24(19,27)28)11-3-2-4-12(25)9-11/h2-10,18-19,31H,1H3,(H,32,35)(H,33,34). The second-order valence-corrected chi connectivity index (χ2v) is 10.1. The molecule has 2 amide bonds. The third-order valence-corrected chi connectivity index (χ3v) is 7.12. The highest BCUT2D eigenvalue weighted by molar-refractivity contribution is 6.53. The van der Waals surface area contributed by atoms with E-state index in [0.29, 0.717) is 5.02 Å². The molecule has 0 spiro atoms. The molecule has 2 unspecified atom stereocenters. The van der Waals surface area contributed by atoms with E-state index in [1.54, 1.807) is 24.3 Å². The van der Waals surface area contributed by atoms with Gasteiger partial charge in [0.25, 0.3) is 5.91 Å². The molecule has 1 aliphatic carbocycles. The van der Waals surface area contributed by atoms with Crippen molar-refractivity contribution in [3.63, 3.8) is 0 Å². The molecule has 1 fully saturated rings. The van der Waals surface area contributed by atoms with Crippen LogP contribution in [-0.4, -0.2) is 23.2 Å². The zero-order valence-corrected chi connectivity index (χ0v) is 21.0. The summed E-state index contributed by atoms with van der Waals surface area (Å²) in [5, 5.41) is 7.99. The molecule has 5 nitrogen and oxygen atoms in total. The van der Waals surface area contributed by atoms with Gasteiger partial charge in [-0.1, -0.05) is 35.3 Å². The highest BCUT2D eigenvalue weighted by atomic mass is 35.5. The molecule has 1 saturated carbocycles. The van der Waals surface area contributed by atoms with E-state index in [4.69, 9.17) is 46.4 Å². The molecule has 0 aliphatic heterocycles.